The van der Waals surface area contributed by atoms with Gasteiger partial charge in [0.2, 0.25) is 0 Å². The lowest BCUT2D eigenvalue weighted by Gasteiger charge is -2.50. The number of piperidine rings is 2. The molecule has 3 heterocycles. The molecule has 1 aromatic carbocycles. The Morgan fingerprint density at radius 2 is 1.61 bits per heavy atom. The molecule has 170 valence electrons. The van der Waals surface area contributed by atoms with Crippen LogP contribution in [0.1, 0.15) is 68.1 Å². The Morgan fingerprint density at radius 1 is 0.935 bits per heavy atom. The number of hydrogen-bond acceptors (Lipinski definition) is 4. The molecule has 1 atom stereocenters. The number of nitrogens with zero attached hydrogens (tertiary/aromatic N) is 3. The van der Waals surface area contributed by atoms with Crippen LogP contribution in [0.2, 0.25) is 0 Å². The maximum Gasteiger partial charge on any atom is 0.254 e. The van der Waals surface area contributed by atoms with Crippen LogP contribution in [0.25, 0.3) is 0 Å². The van der Waals surface area contributed by atoms with Gasteiger partial charge in [0.15, 0.2) is 0 Å². The van der Waals surface area contributed by atoms with Gasteiger partial charge in [0.05, 0.1) is 12.6 Å². The van der Waals surface area contributed by atoms with E-state index in [0.29, 0.717) is 12.0 Å². The third-order valence-electron chi connectivity index (χ3n) is 8.75. The quantitative estimate of drug-likeness (QED) is 0.709. The predicted molar refractivity (Wildman–Crippen MR) is 125 cm³/mol. The summed E-state index contributed by atoms with van der Waals surface area (Å²) in [6.07, 6.45) is 11.9. The molecular formula is C26H39N3O2. The van der Waals surface area contributed by atoms with E-state index < -0.39 is 0 Å². The first-order valence-corrected chi connectivity index (χ1v) is 12.6. The highest BCUT2D eigenvalue weighted by atomic mass is 16.5. The summed E-state index contributed by atoms with van der Waals surface area (Å²) >= 11 is 0. The molecule has 3 aliphatic heterocycles. The van der Waals surface area contributed by atoms with E-state index in [1.165, 1.54) is 63.7 Å². The van der Waals surface area contributed by atoms with Crippen molar-refractivity contribution < 1.29 is 9.53 Å². The number of likely N-dealkylation sites (tertiary alicyclic amines) is 2. The van der Waals surface area contributed by atoms with Crippen LogP contribution in [0, 0.1) is 5.41 Å². The normalized spacial score (nSPS) is 26.9. The van der Waals surface area contributed by atoms with Crippen molar-refractivity contribution in [3.05, 3.63) is 29.8 Å². The maximum absolute atomic E-state index is 13.0. The molecule has 31 heavy (non-hydrogen) atoms. The smallest absolute Gasteiger partial charge is 0.254 e. The molecule has 0 aromatic heterocycles. The van der Waals surface area contributed by atoms with Crippen LogP contribution in [0.15, 0.2) is 24.3 Å². The molecule has 5 nitrogen and oxygen atoms in total. The monoisotopic (exact) mass is 425 g/mol. The van der Waals surface area contributed by atoms with Crippen molar-refractivity contribution in [2.45, 2.75) is 69.9 Å². The van der Waals surface area contributed by atoms with Gasteiger partial charge < -0.3 is 19.4 Å². The summed E-state index contributed by atoms with van der Waals surface area (Å²) in [5, 5.41) is 0. The fraction of sp³-hybridized carbons (Fsp3) is 0.731. The zero-order valence-electron chi connectivity index (χ0n) is 19.2. The zero-order valence-corrected chi connectivity index (χ0v) is 19.2. The van der Waals surface area contributed by atoms with Gasteiger partial charge in [-0.15, -0.1) is 0 Å². The van der Waals surface area contributed by atoms with E-state index in [1.54, 1.807) is 7.11 Å². The lowest BCUT2D eigenvalue weighted by molar-refractivity contribution is 0.0306. The first kappa shape index (κ1) is 21.3. The average molecular weight is 426 g/mol. The Morgan fingerprint density at radius 3 is 2.23 bits per heavy atom. The van der Waals surface area contributed by atoms with Gasteiger partial charge in [0.25, 0.3) is 5.91 Å². The molecule has 1 aromatic rings. The molecule has 0 radical (unpaired) electrons. The number of methoxy groups -OCH3 is 1. The molecule has 1 amide bonds. The van der Waals surface area contributed by atoms with Crippen LogP contribution in [0.3, 0.4) is 0 Å². The lowest BCUT2D eigenvalue weighted by Crippen LogP contribution is -2.50. The summed E-state index contributed by atoms with van der Waals surface area (Å²) in [4.78, 5) is 20.3. The van der Waals surface area contributed by atoms with Gasteiger partial charge in [-0.05, 0) is 94.1 Å². The van der Waals surface area contributed by atoms with Crippen molar-refractivity contribution >= 4 is 11.6 Å². The van der Waals surface area contributed by atoms with Crippen LogP contribution in [0.4, 0.5) is 5.69 Å². The van der Waals surface area contributed by atoms with Crippen LogP contribution < -0.4 is 4.90 Å². The highest BCUT2D eigenvalue weighted by Gasteiger charge is 2.39. The number of anilines is 1. The van der Waals surface area contributed by atoms with E-state index in [4.69, 9.17) is 4.74 Å². The Hall–Kier alpha value is -1.59. The van der Waals surface area contributed by atoms with Crippen molar-refractivity contribution in [2.75, 3.05) is 51.3 Å². The van der Waals surface area contributed by atoms with Crippen molar-refractivity contribution in [1.82, 2.24) is 9.80 Å². The highest BCUT2D eigenvalue weighted by molar-refractivity contribution is 5.95. The number of benzene rings is 1. The van der Waals surface area contributed by atoms with Gasteiger partial charge in [-0.2, -0.15) is 0 Å². The third-order valence-corrected chi connectivity index (χ3v) is 8.75. The topological polar surface area (TPSA) is 36.0 Å². The summed E-state index contributed by atoms with van der Waals surface area (Å²) in [7, 11) is 1.72. The van der Waals surface area contributed by atoms with Gasteiger partial charge in [-0.3, -0.25) is 4.79 Å². The molecule has 1 spiro atoms. The van der Waals surface area contributed by atoms with E-state index in [0.717, 1.165) is 44.1 Å². The largest absolute Gasteiger partial charge is 0.383 e. The number of hydrogen-bond donors (Lipinski definition) is 0. The number of rotatable bonds is 5. The van der Waals surface area contributed by atoms with Crippen LogP contribution in [-0.2, 0) is 4.74 Å². The second kappa shape index (κ2) is 9.11. The molecule has 4 fully saturated rings. The summed E-state index contributed by atoms with van der Waals surface area (Å²) in [5.74, 6) is 0.155. The minimum Gasteiger partial charge on any atom is -0.383 e. The van der Waals surface area contributed by atoms with Gasteiger partial charge in [0.1, 0.15) is 0 Å². The molecule has 3 saturated heterocycles. The zero-order chi connectivity index (χ0) is 21.3. The van der Waals surface area contributed by atoms with E-state index in [2.05, 4.69) is 21.9 Å². The van der Waals surface area contributed by atoms with E-state index in [9.17, 15) is 4.79 Å². The average Bonchev–Trinajstić information content (AvgIpc) is 3.23. The first-order valence-electron chi connectivity index (χ1n) is 12.6. The van der Waals surface area contributed by atoms with E-state index >= 15 is 0 Å². The molecule has 5 rings (SSSR count). The molecular weight excluding hydrogens is 386 g/mol. The molecule has 0 unspecified atom stereocenters. The molecule has 0 bridgehead atoms. The van der Waals surface area contributed by atoms with Crippen molar-refractivity contribution in [3.8, 4) is 0 Å². The van der Waals surface area contributed by atoms with E-state index in [-0.39, 0.29) is 11.9 Å². The molecule has 1 aliphatic carbocycles. The summed E-state index contributed by atoms with van der Waals surface area (Å²) < 4.78 is 5.31. The summed E-state index contributed by atoms with van der Waals surface area (Å²) in [5.41, 5.74) is 2.66. The SMILES string of the molecule is COC[C@@H]1CCCN1C(=O)c1ccc(N2CCC3(CC2)CCN(C2CCC2)CC3)cc1. The van der Waals surface area contributed by atoms with Crippen LogP contribution in [-0.4, -0.2) is 74.2 Å². The Labute approximate surface area is 187 Å². The number of carbonyl (C=O) groups excluding carboxylic acids is 1. The fourth-order valence-electron chi connectivity index (χ4n) is 6.30. The second-order valence-electron chi connectivity index (χ2n) is 10.4. The second-order valence-corrected chi connectivity index (χ2v) is 10.4. The van der Waals surface area contributed by atoms with Gasteiger partial charge in [0, 0.05) is 44.0 Å². The minimum absolute atomic E-state index is 0.155. The summed E-state index contributed by atoms with van der Waals surface area (Å²) in [6.45, 7) is 6.43. The van der Waals surface area contributed by atoms with Crippen molar-refractivity contribution in [1.29, 1.82) is 0 Å². The predicted octanol–water partition coefficient (Wildman–Crippen LogP) is 4.17. The van der Waals surface area contributed by atoms with E-state index in [1.807, 2.05) is 17.0 Å². The lowest BCUT2D eigenvalue weighted by atomic mass is 9.70. The van der Waals surface area contributed by atoms with Crippen LogP contribution >= 0.6 is 0 Å². The summed E-state index contributed by atoms with van der Waals surface area (Å²) in [6, 6.07) is 9.51. The number of ether oxygens (including phenoxy) is 1. The molecule has 1 saturated carbocycles. The first-order chi connectivity index (χ1) is 15.2. The molecule has 0 N–H and O–H groups in total. The van der Waals surface area contributed by atoms with Gasteiger partial charge in [-0.1, -0.05) is 6.42 Å². The maximum atomic E-state index is 13.0. The standard InChI is InChI=1S/C26H39N3O2/c1-31-20-24-6-3-15-29(24)25(30)21-7-9-23(10-8-21)28-18-13-26(14-19-28)11-16-27(17-12-26)22-4-2-5-22/h7-10,22,24H,2-6,11-20H2,1H3/t24-/m0/s1. The Kier molecular flexibility index (Phi) is 6.25. The Balaban J connectivity index is 1.15. The number of carbonyl (C=O) groups is 1. The Bertz CT molecular complexity index is 742. The van der Waals surface area contributed by atoms with Crippen molar-refractivity contribution in [2.24, 2.45) is 5.41 Å². The van der Waals surface area contributed by atoms with Gasteiger partial charge in [-0.25, -0.2) is 0 Å². The molecule has 4 aliphatic rings. The third kappa shape index (κ3) is 4.36. The highest BCUT2D eigenvalue weighted by Crippen LogP contribution is 2.43. The number of amides is 1. The minimum atomic E-state index is 0.155. The van der Waals surface area contributed by atoms with Crippen molar-refractivity contribution in [3.63, 3.8) is 0 Å². The molecule has 5 heteroatoms. The van der Waals surface area contributed by atoms with Gasteiger partial charge >= 0.3 is 0 Å². The van der Waals surface area contributed by atoms with Crippen LogP contribution in [0.5, 0.6) is 0 Å². The fourth-order valence-corrected chi connectivity index (χ4v) is 6.30.